The Bertz CT molecular complexity index is 1070. The molecule has 1 saturated heterocycles. The Hall–Kier alpha value is -2.64. The Kier molecular flexibility index (Phi) is 5.31. The highest BCUT2D eigenvalue weighted by molar-refractivity contribution is 7.22. The standard InChI is InChI=1S/C23H24N2O4S/c1-2-15-5-3-7-20-21(15)24-23(30-20)25(14-17-6-4-10-27-17)22(26)16-8-9-18-19(13-16)29-12-11-28-18/h3,5,7-9,13,17H,2,4,6,10-12,14H2,1H3. The Morgan fingerprint density at radius 3 is 2.83 bits per heavy atom. The molecule has 0 radical (unpaired) electrons. The van der Waals surface area contributed by atoms with Gasteiger partial charge in [-0.2, -0.15) is 0 Å². The van der Waals surface area contributed by atoms with Crippen LogP contribution in [-0.2, 0) is 11.2 Å². The molecule has 30 heavy (non-hydrogen) atoms. The monoisotopic (exact) mass is 424 g/mol. The summed E-state index contributed by atoms with van der Waals surface area (Å²) in [4.78, 5) is 20.2. The molecule has 1 fully saturated rings. The molecule has 1 aromatic heterocycles. The number of thiazole rings is 1. The van der Waals surface area contributed by atoms with E-state index < -0.39 is 0 Å². The smallest absolute Gasteiger partial charge is 0.260 e. The van der Waals surface area contributed by atoms with Gasteiger partial charge in [0.1, 0.15) is 13.2 Å². The van der Waals surface area contributed by atoms with E-state index in [2.05, 4.69) is 25.1 Å². The molecule has 3 aromatic rings. The van der Waals surface area contributed by atoms with Crippen LogP contribution in [0, 0.1) is 0 Å². The second-order valence-corrected chi connectivity index (χ2v) is 8.53. The zero-order valence-corrected chi connectivity index (χ0v) is 17.7. The van der Waals surface area contributed by atoms with Crippen molar-refractivity contribution < 1.29 is 19.0 Å². The number of rotatable bonds is 5. The molecule has 0 saturated carbocycles. The van der Waals surface area contributed by atoms with Crippen molar-refractivity contribution in [3.8, 4) is 11.5 Å². The molecule has 1 unspecified atom stereocenters. The Morgan fingerprint density at radius 2 is 2.03 bits per heavy atom. The number of para-hydroxylation sites is 1. The first-order chi connectivity index (χ1) is 14.7. The quantitative estimate of drug-likeness (QED) is 0.605. The topological polar surface area (TPSA) is 60.9 Å². The molecule has 6 nitrogen and oxygen atoms in total. The van der Waals surface area contributed by atoms with Gasteiger partial charge in [0.2, 0.25) is 0 Å². The number of anilines is 1. The van der Waals surface area contributed by atoms with Crippen LogP contribution in [0.5, 0.6) is 11.5 Å². The Balaban J connectivity index is 1.52. The highest BCUT2D eigenvalue weighted by Crippen LogP contribution is 2.35. The fourth-order valence-corrected chi connectivity index (χ4v) is 4.99. The van der Waals surface area contributed by atoms with E-state index in [4.69, 9.17) is 19.2 Å². The van der Waals surface area contributed by atoms with E-state index in [1.807, 2.05) is 0 Å². The van der Waals surface area contributed by atoms with Gasteiger partial charge in [0, 0.05) is 12.2 Å². The van der Waals surface area contributed by atoms with Crippen molar-refractivity contribution in [3.05, 3.63) is 47.5 Å². The van der Waals surface area contributed by atoms with Crippen molar-refractivity contribution in [2.45, 2.75) is 32.3 Å². The molecule has 5 rings (SSSR count). The van der Waals surface area contributed by atoms with Crippen molar-refractivity contribution in [1.29, 1.82) is 0 Å². The van der Waals surface area contributed by atoms with E-state index in [1.54, 1.807) is 34.4 Å². The molecule has 0 N–H and O–H groups in total. The van der Waals surface area contributed by atoms with Crippen molar-refractivity contribution in [2.24, 2.45) is 0 Å². The number of benzene rings is 2. The number of carbonyl (C=O) groups excluding carboxylic acids is 1. The summed E-state index contributed by atoms with van der Waals surface area (Å²) in [5.74, 6) is 1.19. The molecule has 2 aliphatic rings. The van der Waals surface area contributed by atoms with Crippen LogP contribution in [0.1, 0.15) is 35.7 Å². The first-order valence-electron chi connectivity index (χ1n) is 10.4. The average molecular weight is 425 g/mol. The molecule has 0 bridgehead atoms. The van der Waals surface area contributed by atoms with Gasteiger partial charge < -0.3 is 14.2 Å². The zero-order chi connectivity index (χ0) is 20.5. The summed E-state index contributed by atoms with van der Waals surface area (Å²) < 4.78 is 18.2. The Morgan fingerprint density at radius 1 is 1.17 bits per heavy atom. The van der Waals surface area contributed by atoms with E-state index in [0.717, 1.165) is 36.1 Å². The van der Waals surface area contributed by atoms with Gasteiger partial charge in [-0.25, -0.2) is 4.98 Å². The third kappa shape index (κ3) is 3.63. The third-order valence-electron chi connectivity index (χ3n) is 5.55. The number of hydrogen-bond acceptors (Lipinski definition) is 6. The predicted octanol–water partition coefficient (Wildman–Crippen LogP) is 4.46. The van der Waals surface area contributed by atoms with Gasteiger partial charge in [-0.05, 0) is 49.1 Å². The summed E-state index contributed by atoms with van der Waals surface area (Å²) >= 11 is 1.55. The fourth-order valence-electron chi connectivity index (χ4n) is 3.97. The number of aromatic nitrogens is 1. The number of amides is 1. The van der Waals surface area contributed by atoms with Gasteiger partial charge in [-0.1, -0.05) is 30.4 Å². The van der Waals surface area contributed by atoms with Crippen LogP contribution in [0.4, 0.5) is 5.13 Å². The lowest BCUT2D eigenvalue weighted by molar-refractivity contribution is 0.0916. The molecule has 1 amide bonds. The zero-order valence-electron chi connectivity index (χ0n) is 16.9. The largest absolute Gasteiger partial charge is 0.486 e. The maximum atomic E-state index is 13.6. The lowest BCUT2D eigenvalue weighted by atomic mass is 10.1. The number of hydrogen-bond donors (Lipinski definition) is 0. The minimum Gasteiger partial charge on any atom is -0.486 e. The maximum absolute atomic E-state index is 13.6. The van der Waals surface area contributed by atoms with E-state index in [-0.39, 0.29) is 12.0 Å². The van der Waals surface area contributed by atoms with Crippen LogP contribution in [0.2, 0.25) is 0 Å². The molecular weight excluding hydrogens is 400 g/mol. The van der Waals surface area contributed by atoms with Crippen LogP contribution in [-0.4, -0.2) is 43.4 Å². The molecular formula is C23H24N2O4S. The first-order valence-corrected chi connectivity index (χ1v) is 11.3. The molecule has 2 aromatic carbocycles. The molecule has 0 spiro atoms. The predicted molar refractivity (Wildman–Crippen MR) is 117 cm³/mol. The summed E-state index contributed by atoms with van der Waals surface area (Å²) in [6, 6.07) is 11.6. The maximum Gasteiger partial charge on any atom is 0.260 e. The molecule has 2 aliphatic heterocycles. The lowest BCUT2D eigenvalue weighted by Gasteiger charge is -2.24. The van der Waals surface area contributed by atoms with Gasteiger partial charge in [0.15, 0.2) is 16.6 Å². The highest BCUT2D eigenvalue weighted by atomic mass is 32.1. The van der Waals surface area contributed by atoms with Crippen molar-refractivity contribution in [3.63, 3.8) is 0 Å². The minimum atomic E-state index is -0.0976. The molecule has 7 heteroatoms. The fraction of sp³-hybridized carbons (Fsp3) is 0.391. The molecule has 1 atom stereocenters. The van der Waals surface area contributed by atoms with Gasteiger partial charge in [-0.15, -0.1) is 0 Å². The number of ether oxygens (including phenoxy) is 3. The third-order valence-corrected chi connectivity index (χ3v) is 6.59. The number of fused-ring (bicyclic) bond motifs is 2. The summed E-state index contributed by atoms with van der Waals surface area (Å²) in [5, 5.41) is 0.710. The normalized spacial score (nSPS) is 18.0. The molecule has 156 valence electrons. The van der Waals surface area contributed by atoms with Gasteiger partial charge >= 0.3 is 0 Å². The highest BCUT2D eigenvalue weighted by Gasteiger charge is 2.28. The van der Waals surface area contributed by atoms with Gasteiger partial charge in [0.05, 0.1) is 22.9 Å². The first kappa shape index (κ1) is 19.3. The second kappa shape index (κ2) is 8.24. The average Bonchev–Trinajstić information content (AvgIpc) is 3.46. The van der Waals surface area contributed by atoms with E-state index in [0.29, 0.717) is 42.0 Å². The van der Waals surface area contributed by atoms with Crippen LogP contribution >= 0.6 is 11.3 Å². The van der Waals surface area contributed by atoms with E-state index in [1.165, 1.54) is 5.56 Å². The van der Waals surface area contributed by atoms with Crippen LogP contribution < -0.4 is 14.4 Å². The van der Waals surface area contributed by atoms with Crippen LogP contribution in [0.3, 0.4) is 0 Å². The Labute approximate surface area is 179 Å². The molecule has 3 heterocycles. The number of nitrogens with zero attached hydrogens (tertiary/aromatic N) is 2. The summed E-state index contributed by atoms with van der Waals surface area (Å²) in [6.07, 6.45) is 2.92. The van der Waals surface area contributed by atoms with Crippen LogP contribution in [0.25, 0.3) is 10.2 Å². The van der Waals surface area contributed by atoms with Crippen molar-refractivity contribution >= 4 is 32.6 Å². The summed E-state index contributed by atoms with van der Waals surface area (Å²) in [6.45, 7) is 4.38. The van der Waals surface area contributed by atoms with Crippen LogP contribution in [0.15, 0.2) is 36.4 Å². The summed E-state index contributed by atoms with van der Waals surface area (Å²) in [5.41, 5.74) is 2.73. The second-order valence-electron chi connectivity index (χ2n) is 7.52. The minimum absolute atomic E-state index is 0.0313. The SMILES string of the molecule is CCc1cccc2sc(N(CC3CCCO3)C(=O)c3ccc4c(c3)OCCO4)nc12. The summed E-state index contributed by atoms with van der Waals surface area (Å²) in [7, 11) is 0. The van der Waals surface area contributed by atoms with Crippen molar-refractivity contribution in [2.75, 3.05) is 31.3 Å². The lowest BCUT2D eigenvalue weighted by Crippen LogP contribution is -2.37. The van der Waals surface area contributed by atoms with Gasteiger partial charge in [0.25, 0.3) is 5.91 Å². The molecule has 0 aliphatic carbocycles. The number of aryl methyl sites for hydroxylation is 1. The van der Waals surface area contributed by atoms with E-state index in [9.17, 15) is 4.79 Å². The van der Waals surface area contributed by atoms with Gasteiger partial charge in [-0.3, -0.25) is 9.69 Å². The number of carbonyl (C=O) groups is 1. The van der Waals surface area contributed by atoms with Crippen molar-refractivity contribution in [1.82, 2.24) is 4.98 Å². The van der Waals surface area contributed by atoms with E-state index >= 15 is 0 Å².